The van der Waals surface area contributed by atoms with Gasteiger partial charge in [0.25, 0.3) is 0 Å². The van der Waals surface area contributed by atoms with Gasteiger partial charge >= 0.3 is 5.96 Å². The molecule has 2 aliphatic rings. The number of hydrogen-bond acceptors (Lipinski definition) is 5. The van der Waals surface area contributed by atoms with E-state index in [1.807, 2.05) is 24.3 Å². The van der Waals surface area contributed by atoms with Crippen molar-refractivity contribution in [1.82, 2.24) is 10.7 Å². The Bertz CT molecular complexity index is 787. The molecule has 0 amide bonds. The SMILES string of the molecule is C(=N\NC1=[N+](Cc2ccccc2)CCN1)/c1ccc2c(c1)OCO2. The Morgan fingerprint density at radius 3 is 2.92 bits per heavy atom. The third-order valence-corrected chi connectivity index (χ3v) is 3.99. The van der Waals surface area contributed by atoms with E-state index in [0.29, 0.717) is 0 Å². The van der Waals surface area contributed by atoms with Crippen molar-refractivity contribution in [3.63, 3.8) is 0 Å². The molecule has 0 bridgehead atoms. The van der Waals surface area contributed by atoms with Gasteiger partial charge in [-0.3, -0.25) is 9.89 Å². The fourth-order valence-corrected chi connectivity index (χ4v) is 2.77. The first kappa shape index (κ1) is 14.6. The van der Waals surface area contributed by atoms with Crippen LogP contribution < -0.4 is 20.2 Å². The van der Waals surface area contributed by atoms with E-state index >= 15 is 0 Å². The average molecular weight is 323 g/mol. The van der Waals surface area contributed by atoms with Crippen LogP contribution >= 0.6 is 0 Å². The van der Waals surface area contributed by atoms with Crippen LogP contribution in [0.1, 0.15) is 11.1 Å². The molecule has 6 nitrogen and oxygen atoms in total. The summed E-state index contributed by atoms with van der Waals surface area (Å²) in [4.78, 5) is 0. The lowest BCUT2D eigenvalue weighted by atomic mass is 10.2. The third kappa shape index (κ3) is 3.17. The van der Waals surface area contributed by atoms with Gasteiger partial charge in [-0.2, -0.15) is 5.43 Å². The van der Waals surface area contributed by atoms with Crippen molar-refractivity contribution in [1.29, 1.82) is 0 Å². The first-order valence-corrected chi connectivity index (χ1v) is 7.97. The van der Waals surface area contributed by atoms with Gasteiger partial charge in [-0.1, -0.05) is 30.3 Å². The van der Waals surface area contributed by atoms with Crippen molar-refractivity contribution in [2.45, 2.75) is 6.54 Å². The minimum absolute atomic E-state index is 0.282. The summed E-state index contributed by atoms with van der Waals surface area (Å²) in [6.07, 6.45) is 1.77. The highest BCUT2D eigenvalue weighted by Gasteiger charge is 2.19. The van der Waals surface area contributed by atoms with E-state index in [2.05, 4.69) is 44.7 Å². The Labute approximate surface area is 140 Å². The molecule has 2 heterocycles. The smallest absolute Gasteiger partial charge is 0.370 e. The molecule has 24 heavy (non-hydrogen) atoms. The molecule has 2 aromatic rings. The van der Waals surface area contributed by atoms with Crippen LogP contribution in [0.4, 0.5) is 0 Å². The first-order chi connectivity index (χ1) is 11.9. The predicted octanol–water partition coefficient (Wildman–Crippen LogP) is 1.51. The van der Waals surface area contributed by atoms with Crippen molar-refractivity contribution in [3.05, 3.63) is 59.7 Å². The maximum atomic E-state index is 5.37. The zero-order valence-electron chi connectivity index (χ0n) is 13.2. The fourth-order valence-electron chi connectivity index (χ4n) is 2.77. The minimum atomic E-state index is 0.282. The highest BCUT2D eigenvalue weighted by atomic mass is 16.7. The van der Waals surface area contributed by atoms with Crippen LogP contribution in [-0.4, -0.2) is 36.6 Å². The van der Waals surface area contributed by atoms with Crippen LogP contribution in [-0.2, 0) is 6.54 Å². The van der Waals surface area contributed by atoms with Gasteiger partial charge in [0.2, 0.25) is 6.79 Å². The molecule has 0 aromatic heterocycles. The number of ether oxygens (including phenoxy) is 2. The molecule has 0 atom stereocenters. The van der Waals surface area contributed by atoms with E-state index in [-0.39, 0.29) is 6.79 Å². The summed E-state index contributed by atoms with van der Waals surface area (Å²) in [6.45, 7) is 3.01. The second kappa shape index (κ2) is 6.62. The minimum Gasteiger partial charge on any atom is -0.454 e. The highest BCUT2D eigenvalue weighted by molar-refractivity contribution is 5.83. The molecule has 0 aliphatic carbocycles. The van der Waals surface area contributed by atoms with Gasteiger partial charge in [0, 0.05) is 0 Å². The molecule has 0 saturated heterocycles. The molecule has 0 fully saturated rings. The first-order valence-electron chi connectivity index (χ1n) is 7.97. The Hall–Kier alpha value is -3.02. The second-order valence-electron chi connectivity index (χ2n) is 5.67. The molecular formula is C18H19N4O2+. The van der Waals surface area contributed by atoms with E-state index in [1.165, 1.54) is 5.56 Å². The lowest BCUT2D eigenvalue weighted by Crippen LogP contribution is -2.34. The molecule has 2 N–H and O–H groups in total. The van der Waals surface area contributed by atoms with Crippen molar-refractivity contribution in [2.24, 2.45) is 5.10 Å². The standard InChI is InChI=1S/C18H18N4O2/c1-2-4-14(5-3-1)12-22-9-8-19-18(22)21-20-11-15-6-7-16-17(10-15)24-13-23-16/h1-7,10-11H,8-9,12-13H2,(H,19,21)/p+1/b20-11+. The normalized spacial score (nSPS) is 15.8. The summed E-state index contributed by atoms with van der Waals surface area (Å²) in [5.41, 5.74) is 5.33. The second-order valence-corrected chi connectivity index (χ2v) is 5.67. The van der Waals surface area contributed by atoms with Crippen LogP contribution in [0.2, 0.25) is 0 Å². The van der Waals surface area contributed by atoms with Gasteiger partial charge in [-0.25, -0.2) is 0 Å². The number of benzene rings is 2. The lowest BCUT2D eigenvalue weighted by molar-refractivity contribution is -0.536. The van der Waals surface area contributed by atoms with Crippen LogP contribution in [0.15, 0.2) is 53.6 Å². The third-order valence-electron chi connectivity index (χ3n) is 3.99. The summed E-state index contributed by atoms with van der Waals surface area (Å²) in [6, 6.07) is 16.2. The largest absolute Gasteiger partial charge is 0.454 e. The van der Waals surface area contributed by atoms with Gasteiger partial charge in [-0.05, 0) is 29.3 Å². The number of rotatable bonds is 4. The Balaban J connectivity index is 1.43. The van der Waals surface area contributed by atoms with Gasteiger partial charge < -0.3 is 9.47 Å². The topological polar surface area (TPSA) is 57.9 Å². The summed E-state index contributed by atoms with van der Waals surface area (Å²) in [5, 5.41) is 7.66. The van der Waals surface area contributed by atoms with Gasteiger partial charge in [0.05, 0.1) is 25.8 Å². The summed E-state index contributed by atoms with van der Waals surface area (Å²) < 4.78 is 12.9. The van der Waals surface area contributed by atoms with Crippen molar-refractivity contribution in [3.8, 4) is 11.5 Å². The number of nitrogens with zero attached hydrogens (tertiary/aromatic N) is 2. The van der Waals surface area contributed by atoms with E-state index < -0.39 is 0 Å². The van der Waals surface area contributed by atoms with Gasteiger partial charge in [0.15, 0.2) is 11.5 Å². The average Bonchev–Trinajstić information content (AvgIpc) is 3.25. The van der Waals surface area contributed by atoms with Crippen molar-refractivity contribution in [2.75, 3.05) is 19.9 Å². The molecule has 122 valence electrons. The van der Waals surface area contributed by atoms with E-state index in [0.717, 1.165) is 42.7 Å². The number of hydrogen-bond donors (Lipinski definition) is 2. The number of hydrazone groups is 1. The molecule has 0 saturated carbocycles. The fraction of sp³-hybridized carbons (Fsp3) is 0.222. The van der Waals surface area contributed by atoms with Gasteiger partial charge in [-0.15, -0.1) is 5.10 Å². The molecule has 0 radical (unpaired) electrons. The number of guanidine groups is 1. The van der Waals surface area contributed by atoms with Crippen LogP contribution in [0, 0.1) is 0 Å². The maximum absolute atomic E-state index is 5.37. The molecule has 2 aromatic carbocycles. The summed E-state index contributed by atoms with van der Waals surface area (Å²) in [5.74, 6) is 2.47. The van der Waals surface area contributed by atoms with E-state index in [9.17, 15) is 0 Å². The van der Waals surface area contributed by atoms with Gasteiger partial charge in [0.1, 0.15) is 0 Å². The molecule has 0 unspecified atom stereocenters. The Morgan fingerprint density at radius 2 is 2.00 bits per heavy atom. The van der Waals surface area contributed by atoms with E-state index in [4.69, 9.17) is 9.47 Å². The Kier molecular flexibility index (Phi) is 4.02. The maximum Gasteiger partial charge on any atom is 0.370 e. The highest BCUT2D eigenvalue weighted by Crippen LogP contribution is 2.31. The molecular weight excluding hydrogens is 304 g/mol. The van der Waals surface area contributed by atoms with Crippen molar-refractivity contribution < 1.29 is 14.0 Å². The predicted molar refractivity (Wildman–Crippen MR) is 91.6 cm³/mol. The van der Waals surface area contributed by atoms with Crippen LogP contribution in [0.5, 0.6) is 11.5 Å². The summed E-state index contributed by atoms with van der Waals surface area (Å²) in [7, 11) is 0. The zero-order chi connectivity index (χ0) is 16.2. The summed E-state index contributed by atoms with van der Waals surface area (Å²) >= 11 is 0. The molecule has 4 rings (SSSR count). The number of nitrogens with one attached hydrogen (secondary N) is 2. The zero-order valence-corrected chi connectivity index (χ0v) is 13.2. The lowest BCUT2D eigenvalue weighted by Gasteiger charge is -2.04. The molecule has 2 aliphatic heterocycles. The molecule has 6 heteroatoms. The number of fused-ring (bicyclic) bond motifs is 1. The molecule has 0 spiro atoms. The monoisotopic (exact) mass is 323 g/mol. The quantitative estimate of drug-likeness (QED) is 0.509. The van der Waals surface area contributed by atoms with Crippen LogP contribution in [0.25, 0.3) is 0 Å². The van der Waals surface area contributed by atoms with Crippen molar-refractivity contribution >= 4 is 12.2 Å². The van der Waals surface area contributed by atoms with E-state index in [1.54, 1.807) is 6.21 Å². The Morgan fingerprint density at radius 1 is 1.12 bits per heavy atom. The van der Waals surface area contributed by atoms with Crippen LogP contribution in [0.3, 0.4) is 0 Å².